The molecule has 0 saturated carbocycles. The number of rotatable bonds is 20. The second kappa shape index (κ2) is 24.1. The van der Waals surface area contributed by atoms with Crippen molar-refractivity contribution in [2.45, 2.75) is 78.1 Å². The fourth-order valence-corrected chi connectivity index (χ4v) is 6.74. The van der Waals surface area contributed by atoms with E-state index in [0.29, 0.717) is 70.3 Å². The van der Waals surface area contributed by atoms with Crippen molar-refractivity contribution in [2.75, 3.05) is 38.9 Å². The molecular weight excluding hydrogens is 833 g/mol. The number of anilines is 2. The minimum atomic E-state index is -1.16. The zero-order valence-electron chi connectivity index (χ0n) is 36.7. The van der Waals surface area contributed by atoms with E-state index in [1.54, 1.807) is 70.3 Å². The number of pyridine rings is 2. The van der Waals surface area contributed by atoms with Crippen molar-refractivity contribution in [3.05, 3.63) is 119 Å². The van der Waals surface area contributed by atoms with Crippen LogP contribution in [0.15, 0.2) is 85.5 Å². The molecule has 0 amide bonds. The molecule has 4 N–H and O–H groups in total. The number of aryl methyl sites for hydroxylation is 2. The minimum Gasteiger partial charge on any atom is -0.550 e. The largest absolute Gasteiger partial charge is 2.00 e. The molecule has 17 heteroatoms. The molecule has 2 aromatic carbocycles. The van der Waals surface area contributed by atoms with Crippen molar-refractivity contribution in [1.82, 2.24) is 29.5 Å². The molecule has 0 aliphatic heterocycles. The monoisotopic (exact) mass is 886 g/mol. The van der Waals surface area contributed by atoms with E-state index in [2.05, 4.69) is 37.7 Å². The number of nitrogen functional groups attached to an aromatic ring is 2. The van der Waals surface area contributed by atoms with E-state index in [1.165, 1.54) is 14.2 Å². The average molecular weight is 887 g/mol. The third-order valence-electron chi connectivity index (χ3n) is 9.65. The number of methoxy groups -OCH3 is 2. The first kappa shape index (κ1) is 49.8. The summed E-state index contributed by atoms with van der Waals surface area (Å²) in [6, 6.07) is 17.6. The Kier molecular flexibility index (Phi) is 19.1. The van der Waals surface area contributed by atoms with Gasteiger partial charge in [-0.25, -0.2) is 19.3 Å². The van der Waals surface area contributed by atoms with Crippen molar-refractivity contribution in [3.8, 4) is 34.6 Å². The molecule has 0 aliphatic rings. The zero-order valence-corrected chi connectivity index (χ0v) is 38.9. The van der Waals surface area contributed by atoms with Gasteiger partial charge in [-0.05, 0) is 85.0 Å². The summed E-state index contributed by atoms with van der Waals surface area (Å²) in [7, 11) is 3.05. The molecular formula is C46H54CaN8O8. The van der Waals surface area contributed by atoms with Crippen LogP contribution in [0.1, 0.15) is 86.0 Å². The molecule has 6 aromatic rings. The van der Waals surface area contributed by atoms with Crippen LogP contribution in [0.4, 0.5) is 11.4 Å². The molecule has 0 fully saturated rings. The number of benzene rings is 2. The zero-order chi connectivity index (χ0) is 44.8. The van der Waals surface area contributed by atoms with Gasteiger partial charge in [0, 0.05) is 48.3 Å². The SMILES string of the molecule is COc1cccc(CC(=O)[O-])c1OCCCc1cn(-c2ccc(N)cn2)nc1C(C)C.COc1cccc(CC(=O)[O-])c1OCCCc1cn(-c2ccc(N)cn2)nc1C(C)C.[Ca+2]. The number of hydrogen-bond donors (Lipinski definition) is 2. The number of carbonyl (C=O) groups excluding carboxylic acids is 2. The molecule has 328 valence electrons. The Labute approximate surface area is 397 Å². The van der Waals surface area contributed by atoms with Gasteiger partial charge in [0.05, 0.1) is 62.6 Å². The van der Waals surface area contributed by atoms with Gasteiger partial charge in [0.2, 0.25) is 0 Å². The van der Waals surface area contributed by atoms with Crippen LogP contribution in [0.25, 0.3) is 11.6 Å². The summed E-state index contributed by atoms with van der Waals surface area (Å²) < 4.78 is 26.0. The fourth-order valence-electron chi connectivity index (χ4n) is 6.74. The Hall–Kier alpha value is -5.84. The molecule has 6 rings (SSSR count). The number of para-hydroxylation sites is 2. The Morgan fingerprint density at radius 1 is 0.619 bits per heavy atom. The molecule has 0 spiro atoms. The predicted molar refractivity (Wildman–Crippen MR) is 237 cm³/mol. The van der Waals surface area contributed by atoms with Crippen molar-refractivity contribution in [2.24, 2.45) is 0 Å². The summed E-state index contributed by atoms with van der Waals surface area (Å²) in [5.74, 6) is 1.50. The van der Waals surface area contributed by atoms with Gasteiger partial charge in [-0.15, -0.1) is 0 Å². The normalized spacial score (nSPS) is 10.8. The van der Waals surface area contributed by atoms with Crippen LogP contribution in [-0.2, 0) is 35.3 Å². The van der Waals surface area contributed by atoms with E-state index in [4.69, 9.17) is 40.6 Å². The Morgan fingerprint density at radius 2 is 1.02 bits per heavy atom. The number of aliphatic carboxylic acids is 2. The van der Waals surface area contributed by atoms with Crippen LogP contribution in [0.5, 0.6) is 23.0 Å². The number of ether oxygens (including phenoxy) is 4. The molecule has 63 heavy (non-hydrogen) atoms. The standard InChI is InChI=1S/2C23H28N4O4.Ca/c2*1-15(2)22-17(14-27(26-22)20-10-9-18(24)13-25-20)7-5-11-31-23-16(12-21(28)29)6-4-8-19(23)30-3;/h2*4,6,8-10,13-15H,5,7,11-12,24H2,1-3H3,(H,28,29);/q;;+2/p-2. The van der Waals surface area contributed by atoms with E-state index in [-0.39, 0.29) is 62.4 Å². The van der Waals surface area contributed by atoms with Crippen LogP contribution in [0.3, 0.4) is 0 Å². The number of carboxylic acid groups (broad SMARTS) is 2. The van der Waals surface area contributed by atoms with Gasteiger partial charge < -0.3 is 50.2 Å². The quantitative estimate of drug-likeness (QED) is 0.0809. The number of nitrogens with zero attached hydrogens (tertiary/aromatic N) is 6. The number of nitrogens with two attached hydrogens (primary N) is 2. The van der Waals surface area contributed by atoms with Gasteiger partial charge in [0.25, 0.3) is 0 Å². The summed E-state index contributed by atoms with van der Waals surface area (Å²) >= 11 is 0. The van der Waals surface area contributed by atoms with E-state index >= 15 is 0 Å². The summed E-state index contributed by atoms with van der Waals surface area (Å²) in [6.07, 6.45) is 9.69. The maximum absolute atomic E-state index is 11.0. The van der Waals surface area contributed by atoms with E-state index in [1.807, 2.05) is 24.5 Å². The molecule has 0 bridgehead atoms. The van der Waals surface area contributed by atoms with E-state index in [9.17, 15) is 19.8 Å². The minimum absolute atomic E-state index is 0. The second-order valence-corrected chi connectivity index (χ2v) is 15.1. The predicted octanol–water partition coefficient (Wildman–Crippen LogP) is 4.19. The first-order chi connectivity index (χ1) is 29.8. The molecule has 4 heterocycles. The van der Waals surface area contributed by atoms with Crippen molar-refractivity contribution in [1.29, 1.82) is 0 Å². The van der Waals surface area contributed by atoms with Crippen LogP contribution in [-0.4, -0.2) is 107 Å². The van der Waals surface area contributed by atoms with E-state index < -0.39 is 11.9 Å². The van der Waals surface area contributed by atoms with E-state index in [0.717, 1.165) is 48.2 Å². The summed E-state index contributed by atoms with van der Waals surface area (Å²) in [5.41, 5.74) is 18.0. The van der Waals surface area contributed by atoms with Crippen molar-refractivity contribution >= 4 is 61.1 Å². The Bertz CT molecular complexity index is 2230. The van der Waals surface area contributed by atoms with Crippen LogP contribution in [0.2, 0.25) is 0 Å². The van der Waals surface area contributed by atoms with Gasteiger partial charge in [-0.3, -0.25) is 0 Å². The third-order valence-corrected chi connectivity index (χ3v) is 9.65. The molecule has 4 aromatic heterocycles. The summed E-state index contributed by atoms with van der Waals surface area (Å²) in [4.78, 5) is 30.8. The average Bonchev–Trinajstić information content (AvgIpc) is 3.88. The Balaban J connectivity index is 0.000000272. The number of carbonyl (C=O) groups is 2. The number of hydrogen-bond acceptors (Lipinski definition) is 14. The van der Waals surface area contributed by atoms with Crippen molar-refractivity contribution < 1.29 is 38.7 Å². The van der Waals surface area contributed by atoms with Crippen LogP contribution >= 0.6 is 0 Å². The molecule has 0 radical (unpaired) electrons. The molecule has 0 atom stereocenters. The topological polar surface area (TPSA) is 231 Å². The van der Waals surface area contributed by atoms with Crippen LogP contribution in [0, 0.1) is 0 Å². The maximum Gasteiger partial charge on any atom is 2.00 e. The van der Waals surface area contributed by atoms with Gasteiger partial charge in [0.1, 0.15) is 0 Å². The summed E-state index contributed by atoms with van der Waals surface area (Å²) in [6.45, 7) is 9.22. The maximum atomic E-state index is 11.0. The first-order valence-corrected chi connectivity index (χ1v) is 20.4. The molecule has 0 aliphatic carbocycles. The first-order valence-electron chi connectivity index (χ1n) is 20.4. The smallest absolute Gasteiger partial charge is 0.550 e. The molecule has 16 nitrogen and oxygen atoms in total. The number of carboxylic acids is 2. The second-order valence-electron chi connectivity index (χ2n) is 15.1. The van der Waals surface area contributed by atoms with Gasteiger partial charge in [-0.1, -0.05) is 52.0 Å². The molecule has 0 unspecified atom stereocenters. The fraction of sp³-hybridized carbons (Fsp3) is 0.348. The summed E-state index contributed by atoms with van der Waals surface area (Å²) in [5, 5.41) is 31.5. The number of aromatic nitrogens is 6. The van der Waals surface area contributed by atoms with Crippen molar-refractivity contribution in [3.63, 3.8) is 0 Å². The van der Waals surface area contributed by atoms with Gasteiger partial charge in [0.15, 0.2) is 34.6 Å². The van der Waals surface area contributed by atoms with Crippen LogP contribution < -0.4 is 40.6 Å². The Morgan fingerprint density at radius 3 is 1.33 bits per heavy atom. The van der Waals surface area contributed by atoms with Gasteiger partial charge >= 0.3 is 37.7 Å². The van der Waals surface area contributed by atoms with Gasteiger partial charge in [-0.2, -0.15) is 10.2 Å². The molecule has 0 saturated heterocycles. The third kappa shape index (κ3) is 14.1.